The Morgan fingerprint density at radius 3 is 2.55 bits per heavy atom. The standard InChI is InChI=1S/C6H9NO4/c1-2-7-5(8)3-4(11-3)6(9)10/h3-4H,2H2,1H3,(H,7,8)(H,9,10)/t3-,4-/m0/s1. The molecule has 1 amide bonds. The predicted octanol–water partition coefficient (Wildman–Crippen LogP) is -1.03. The first-order chi connectivity index (χ1) is 5.16. The molecule has 5 heteroatoms. The fourth-order valence-electron chi connectivity index (χ4n) is 0.774. The van der Waals surface area contributed by atoms with E-state index in [0.29, 0.717) is 6.54 Å². The number of aliphatic carboxylic acids is 1. The lowest BCUT2D eigenvalue weighted by Crippen LogP contribution is -2.29. The van der Waals surface area contributed by atoms with Gasteiger partial charge in [0.05, 0.1) is 0 Å². The molecule has 0 spiro atoms. The number of ether oxygens (including phenoxy) is 1. The zero-order chi connectivity index (χ0) is 8.43. The molecule has 1 aliphatic heterocycles. The van der Waals surface area contributed by atoms with E-state index in [1.807, 2.05) is 0 Å². The van der Waals surface area contributed by atoms with E-state index < -0.39 is 18.2 Å². The van der Waals surface area contributed by atoms with Gasteiger partial charge in [0.15, 0.2) is 12.2 Å². The molecule has 0 aliphatic carbocycles. The van der Waals surface area contributed by atoms with E-state index in [4.69, 9.17) is 5.11 Å². The molecule has 2 atom stereocenters. The van der Waals surface area contributed by atoms with Crippen LogP contribution < -0.4 is 5.32 Å². The molecule has 0 aromatic carbocycles. The van der Waals surface area contributed by atoms with Gasteiger partial charge in [-0.3, -0.25) is 4.79 Å². The van der Waals surface area contributed by atoms with Gasteiger partial charge in [-0.25, -0.2) is 4.79 Å². The number of likely N-dealkylation sites (N-methyl/N-ethyl adjacent to an activating group) is 1. The van der Waals surface area contributed by atoms with Crippen molar-refractivity contribution >= 4 is 11.9 Å². The van der Waals surface area contributed by atoms with Gasteiger partial charge in [-0.1, -0.05) is 0 Å². The highest BCUT2D eigenvalue weighted by molar-refractivity contribution is 5.91. The number of carboxylic acid groups (broad SMARTS) is 1. The number of nitrogens with one attached hydrogen (secondary N) is 1. The molecule has 0 aromatic heterocycles. The molecule has 1 aliphatic rings. The Morgan fingerprint density at radius 2 is 2.18 bits per heavy atom. The van der Waals surface area contributed by atoms with Crippen LogP contribution in [-0.4, -0.2) is 35.7 Å². The molecule has 0 aromatic rings. The summed E-state index contributed by atoms with van der Waals surface area (Å²) in [6, 6.07) is 0. The van der Waals surface area contributed by atoms with Gasteiger partial charge in [0, 0.05) is 6.54 Å². The highest BCUT2D eigenvalue weighted by Crippen LogP contribution is 2.21. The highest BCUT2D eigenvalue weighted by atomic mass is 16.6. The van der Waals surface area contributed by atoms with Crippen LogP contribution in [0.15, 0.2) is 0 Å². The van der Waals surface area contributed by atoms with Gasteiger partial charge in [-0.2, -0.15) is 0 Å². The topological polar surface area (TPSA) is 78.9 Å². The van der Waals surface area contributed by atoms with Crippen LogP contribution in [0.25, 0.3) is 0 Å². The van der Waals surface area contributed by atoms with Crippen LogP contribution in [0.1, 0.15) is 6.92 Å². The van der Waals surface area contributed by atoms with Gasteiger partial charge in [-0.15, -0.1) is 0 Å². The Bertz CT molecular complexity index is 191. The van der Waals surface area contributed by atoms with Crippen LogP contribution in [-0.2, 0) is 14.3 Å². The van der Waals surface area contributed by atoms with Crippen molar-refractivity contribution in [3.63, 3.8) is 0 Å². The van der Waals surface area contributed by atoms with Crippen molar-refractivity contribution < 1.29 is 19.4 Å². The Labute approximate surface area is 63.3 Å². The maximum absolute atomic E-state index is 10.8. The normalized spacial score (nSPS) is 27.7. The first-order valence-corrected chi connectivity index (χ1v) is 3.32. The van der Waals surface area contributed by atoms with Crippen LogP contribution in [0.4, 0.5) is 0 Å². The second-order valence-electron chi connectivity index (χ2n) is 2.21. The number of carbonyl (C=O) groups is 2. The average Bonchev–Trinajstić information content (AvgIpc) is 2.65. The minimum atomic E-state index is -1.08. The van der Waals surface area contributed by atoms with Crippen molar-refractivity contribution in [2.45, 2.75) is 19.1 Å². The minimum Gasteiger partial charge on any atom is -0.479 e. The van der Waals surface area contributed by atoms with Crippen molar-refractivity contribution in [2.75, 3.05) is 6.54 Å². The molecule has 2 N–H and O–H groups in total. The lowest BCUT2D eigenvalue weighted by atomic mass is 10.3. The monoisotopic (exact) mass is 159 g/mol. The third kappa shape index (κ3) is 1.68. The molecule has 0 unspecified atom stereocenters. The largest absolute Gasteiger partial charge is 0.479 e. The number of hydrogen-bond acceptors (Lipinski definition) is 3. The Morgan fingerprint density at radius 1 is 1.55 bits per heavy atom. The molecule has 1 heterocycles. The van der Waals surface area contributed by atoms with E-state index in [-0.39, 0.29) is 5.91 Å². The number of carbonyl (C=O) groups excluding carboxylic acids is 1. The number of hydrogen-bond donors (Lipinski definition) is 2. The zero-order valence-electron chi connectivity index (χ0n) is 6.03. The summed E-state index contributed by atoms with van der Waals surface area (Å²) in [5.74, 6) is -1.43. The summed E-state index contributed by atoms with van der Waals surface area (Å²) in [5.41, 5.74) is 0. The van der Waals surface area contributed by atoms with Gasteiger partial charge in [0.2, 0.25) is 0 Å². The van der Waals surface area contributed by atoms with E-state index in [0.717, 1.165) is 0 Å². The molecular weight excluding hydrogens is 150 g/mol. The molecule has 5 nitrogen and oxygen atoms in total. The summed E-state index contributed by atoms with van der Waals surface area (Å²) in [4.78, 5) is 21.0. The van der Waals surface area contributed by atoms with Gasteiger partial charge in [0.25, 0.3) is 5.91 Å². The summed E-state index contributed by atoms with van der Waals surface area (Å²) in [7, 11) is 0. The average molecular weight is 159 g/mol. The summed E-state index contributed by atoms with van der Waals surface area (Å²) < 4.78 is 4.58. The Balaban J connectivity index is 2.32. The molecule has 11 heavy (non-hydrogen) atoms. The maximum atomic E-state index is 10.8. The summed E-state index contributed by atoms with van der Waals surface area (Å²) >= 11 is 0. The highest BCUT2D eigenvalue weighted by Gasteiger charge is 2.50. The fraction of sp³-hybridized carbons (Fsp3) is 0.667. The third-order valence-electron chi connectivity index (χ3n) is 1.34. The zero-order valence-corrected chi connectivity index (χ0v) is 6.03. The van der Waals surface area contributed by atoms with Crippen molar-refractivity contribution in [2.24, 2.45) is 0 Å². The maximum Gasteiger partial charge on any atom is 0.336 e. The number of carboxylic acids is 1. The van der Waals surface area contributed by atoms with Gasteiger partial charge in [-0.05, 0) is 6.92 Å². The molecule has 1 fully saturated rings. The first kappa shape index (κ1) is 8.00. The second-order valence-corrected chi connectivity index (χ2v) is 2.21. The SMILES string of the molecule is CCNC(=O)[C@H]1O[C@@H]1C(=O)O. The second kappa shape index (κ2) is 2.87. The Hall–Kier alpha value is -1.10. The molecule has 0 radical (unpaired) electrons. The van der Waals surface area contributed by atoms with Crippen LogP contribution in [0.3, 0.4) is 0 Å². The third-order valence-corrected chi connectivity index (χ3v) is 1.34. The van der Waals surface area contributed by atoms with E-state index in [9.17, 15) is 9.59 Å². The van der Waals surface area contributed by atoms with Gasteiger partial charge >= 0.3 is 5.97 Å². The molecule has 0 bridgehead atoms. The molecule has 1 saturated heterocycles. The molecule has 62 valence electrons. The smallest absolute Gasteiger partial charge is 0.336 e. The van der Waals surface area contributed by atoms with Gasteiger partial charge in [0.1, 0.15) is 0 Å². The fourth-order valence-corrected chi connectivity index (χ4v) is 0.774. The summed E-state index contributed by atoms with van der Waals surface area (Å²) in [6.07, 6.45) is -1.70. The van der Waals surface area contributed by atoms with Crippen LogP contribution in [0, 0.1) is 0 Å². The van der Waals surface area contributed by atoms with Crippen molar-refractivity contribution in [1.29, 1.82) is 0 Å². The Kier molecular flexibility index (Phi) is 2.09. The van der Waals surface area contributed by atoms with Crippen LogP contribution >= 0.6 is 0 Å². The van der Waals surface area contributed by atoms with Crippen LogP contribution in [0.2, 0.25) is 0 Å². The van der Waals surface area contributed by atoms with Crippen LogP contribution in [0.5, 0.6) is 0 Å². The van der Waals surface area contributed by atoms with Gasteiger partial charge < -0.3 is 15.2 Å². The summed E-state index contributed by atoms with van der Waals surface area (Å²) in [6.45, 7) is 2.25. The first-order valence-electron chi connectivity index (χ1n) is 3.32. The predicted molar refractivity (Wildman–Crippen MR) is 35.0 cm³/mol. The quantitative estimate of drug-likeness (QED) is 0.516. The summed E-state index contributed by atoms with van der Waals surface area (Å²) in [5, 5.41) is 10.8. The van der Waals surface area contributed by atoms with Crippen molar-refractivity contribution in [3.8, 4) is 0 Å². The van der Waals surface area contributed by atoms with Crippen molar-refractivity contribution in [1.82, 2.24) is 5.32 Å². The van der Waals surface area contributed by atoms with E-state index in [2.05, 4.69) is 10.1 Å². The minimum absolute atomic E-state index is 0.347. The van der Waals surface area contributed by atoms with Crippen molar-refractivity contribution in [3.05, 3.63) is 0 Å². The number of rotatable bonds is 3. The number of amides is 1. The van der Waals surface area contributed by atoms with E-state index in [1.54, 1.807) is 6.92 Å². The van der Waals surface area contributed by atoms with E-state index >= 15 is 0 Å². The molecule has 1 rings (SSSR count). The van der Waals surface area contributed by atoms with E-state index in [1.165, 1.54) is 0 Å². The molecule has 0 saturated carbocycles. The molecular formula is C6H9NO4. The lowest BCUT2D eigenvalue weighted by molar-refractivity contribution is -0.138. The number of epoxide rings is 1. The lowest BCUT2D eigenvalue weighted by Gasteiger charge is -1.94.